The summed E-state index contributed by atoms with van der Waals surface area (Å²) in [6.07, 6.45) is 0. The average Bonchev–Trinajstić information content (AvgIpc) is 2.12. The molecule has 0 saturated heterocycles. The predicted molar refractivity (Wildman–Crippen MR) is 59.5 cm³/mol. The van der Waals surface area contributed by atoms with Crippen LogP contribution in [0.3, 0.4) is 0 Å². The Morgan fingerprint density at radius 1 is 1.43 bits per heavy atom. The fourth-order valence-electron chi connectivity index (χ4n) is 1.22. The summed E-state index contributed by atoms with van der Waals surface area (Å²) in [6.45, 7) is 4.11. The van der Waals surface area contributed by atoms with Gasteiger partial charge in [-0.3, -0.25) is 0 Å². The van der Waals surface area contributed by atoms with E-state index in [0.717, 1.165) is 0 Å². The third-order valence-corrected chi connectivity index (χ3v) is 3.69. The molecule has 14 heavy (non-hydrogen) atoms. The van der Waals surface area contributed by atoms with Crippen LogP contribution in [-0.4, -0.2) is 20.6 Å². The largest absolute Gasteiger partial charge is 0.472 e. The minimum atomic E-state index is -1.04. The van der Waals surface area contributed by atoms with Gasteiger partial charge in [0.1, 0.15) is 9.52 Å². The van der Waals surface area contributed by atoms with Crippen LogP contribution in [0.2, 0.25) is 0 Å². The molecule has 2 nitrogen and oxygen atoms in total. The van der Waals surface area contributed by atoms with E-state index >= 15 is 0 Å². The molecule has 0 aliphatic heterocycles. The molecule has 0 bridgehead atoms. The molecule has 0 aliphatic carbocycles. The predicted octanol–water partition coefficient (Wildman–Crippen LogP) is 0.143. The summed E-state index contributed by atoms with van der Waals surface area (Å²) in [6, 6.07) is 6.08. The molecule has 0 saturated carbocycles. The molecule has 1 N–H and O–H groups in total. The number of benzene rings is 1. The molecule has 0 spiro atoms. The quantitative estimate of drug-likeness (QED) is 0.522. The average molecular weight is 204 g/mol. The molecule has 0 fully saturated rings. The summed E-state index contributed by atoms with van der Waals surface area (Å²) in [5, 5.41) is 9.60. The van der Waals surface area contributed by atoms with E-state index in [1.807, 2.05) is 12.1 Å². The van der Waals surface area contributed by atoms with Crippen molar-refractivity contribution in [2.75, 3.05) is 0 Å². The topological polar surface area (TPSA) is 37.3 Å². The first-order valence-electron chi connectivity index (χ1n) is 4.38. The highest BCUT2D eigenvalue weighted by molar-refractivity contribution is 6.62. The molecule has 1 aromatic carbocycles. The van der Waals surface area contributed by atoms with E-state index in [1.165, 1.54) is 16.3 Å². The van der Waals surface area contributed by atoms with Crippen LogP contribution in [0, 0.1) is 25.3 Å². The Kier molecular flexibility index (Phi) is 3.49. The van der Waals surface area contributed by atoms with Crippen LogP contribution >= 0.6 is 0 Å². The molecule has 0 radical (unpaired) electrons. The molecule has 1 rings (SSSR count). The van der Waals surface area contributed by atoms with Crippen molar-refractivity contribution < 1.29 is 9.90 Å². The Morgan fingerprint density at radius 2 is 2.14 bits per heavy atom. The van der Waals surface area contributed by atoms with Gasteiger partial charge in [0.05, 0.1) is 0 Å². The molecule has 0 aromatic heterocycles. The number of hydrogen-bond acceptors (Lipinski definition) is 1. The lowest BCUT2D eigenvalue weighted by atomic mass is 10.1. The Morgan fingerprint density at radius 3 is 2.79 bits per heavy atom. The normalized spacial score (nSPS) is 9.86. The van der Waals surface area contributed by atoms with Gasteiger partial charge in [-0.05, 0) is 30.2 Å². The summed E-state index contributed by atoms with van der Waals surface area (Å²) in [7, 11) is -0.746. The van der Waals surface area contributed by atoms with E-state index in [0.29, 0.717) is 0 Å². The number of carboxylic acid groups (broad SMARTS) is 1. The van der Waals surface area contributed by atoms with Gasteiger partial charge >= 0.3 is 5.97 Å². The summed E-state index contributed by atoms with van der Waals surface area (Å²) in [4.78, 5) is 10.2. The Balaban J connectivity index is 2.84. The van der Waals surface area contributed by atoms with Crippen LogP contribution in [0.25, 0.3) is 0 Å². The lowest BCUT2D eigenvalue weighted by molar-refractivity contribution is -0.130. The fraction of sp³-hybridized carbons (Fsp3) is 0.182. The molecule has 0 aliphatic rings. The van der Waals surface area contributed by atoms with Crippen LogP contribution in [0.4, 0.5) is 0 Å². The molecule has 72 valence electrons. The maximum absolute atomic E-state index is 10.2. The zero-order valence-electron chi connectivity index (χ0n) is 8.29. The van der Waals surface area contributed by atoms with Crippen molar-refractivity contribution in [3.8, 4) is 11.5 Å². The Hall–Kier alpha value is -1.53. The van der Waals surface area contributed by atoms with Gasteiger partial charge in [0, 0.05) is 5.92 Å². The monoisotopic (exact) mass is 204 g/mol. The van der Waals surface area contributed by atoms with E-state index in [-0.39, 0.29) is 0 Å². The minimum absolute atomic E-state index is 0.746. The number of carboxylic acids is 1. The maximum atomic E-state index is 10.2. The van der Waals surface area contributed by atoms with Crippen LogP contribution in [0.5, 0.6) is 0 Å². The molecule has 0 unspecified atom stereocenters. The summed E-state index contributed by atoms with van der Waals surface area (Å²) in [5.74, 6) is 1.13. The van der Waals surface area contributed by atoms with E-state index in [4.69, 9.17) is 5.11 Å². The highest BCUT2D eigenvalue weighted by atomic mass is 28.2. The maximum Gasteiger partial charge on any atom is 0.381 e. The lowest BCUT2D eigenvalue weighted by Crippen LogP contribution is -2.17. The SMILES string of the molecule is Cc1cccc([SiH2]C#CC(=O)O)c1C. The zero-order valence-corrected chi connectivity index (χ0v) is 9.71. The smallest absolute Gasteiger partial charge is 0.381 e. The Bertz CT molecular complexity index is 413. The second-order valence-electron chi connectivity index (χ2n) is 3.14. The third kappa shape index (κ3) is 2.75. The summed E-state index contributed by atoms with van der Waals surface area (Å²) in [5.41, 5.74) is 5.25. The van der Waals surface area contributed by atoms with Crippen molar-refractivity contribution in [1.82, 2.24) is 0 Å². The van der Waals surface area contributed by atoms with Crippen LogP contribution < -0.4 is 5.19 Å². The highest BCUT2D eigenvalue weighted by Gasteiger charge is 1.98. The van der Waals surface area contributed by atoms with Crippen molar-refractivity contribution in [1.29, 1.82) is 0 Å². The van der Waals surface area contributed by atoms with Crippen molar-refractivity contribution in [2.24, 2.45) is 0 Å². The number of hydrogen-bond donors (Lipinski definition) is 1. The number of rotatable bonds is 1. The number of aryl methyl sites for hydroxylation is 1. The van der Waals surface area contributed by atoms with Gasteiger partial charge in [0.15, 0.2) is 0 Å². The molecular formula is C11H12O2Si. The molecule has 3 heteroatoms. The number of carbonyl (C=O) groups is 1. The van der Waals surface area contributed by atoms with Gasteiger partial charge in [-0.1, -0.05) is 18.2 Å². The lowest BCUT2D eigenvalue weighted by Gasteiger charge is -2.03. The van der Waals surface area contributed by atoms with Gasteiger partial charge in [-0.15, -0.1) is 5.54 Å². The second kappa shape index (κ2) is 4.63. The van der Waals surface area contributed by atoms with E-state index in [9.17, 15) is 4.79 Å². The first kappa shape index (κ1) is 10.5. The van der Waals surface area contributed by atoms with E-state index in [1.54, 1.807) is 0 Å². The molecule has 0 atom stereocenters. The molecule has 0 heterocycles. The van der Waals surface area contributed by atoms with Gasteiger partial charge < -0.3 is 5.11 Å². The summed E-state index contributed by atoms with van der Waals surface area (Å²) < 4.78 is 0. The van der Waals surface area contributed by atoms with Crippen molar-refractivity contribution in [3.05, 3.63) is 29.3 Å². The fourth-order valence-corrected chi connectivity index (χ4v) is 2.45. The van der Waals surface area contributed by atoms with Gasteiger partial charge in [-0.2, -0.15) is 0 Å². The van der Waals surface area contributed by atoms with Crippen molar-refractivity contribution in [3.63, 3.8) is 0 Å². The highest BCUT2D eigenvalue weighted by Crippen LogP contribution is 2.01. The first-order valence-corrected chi connectivity index (χ1v) is 5.79. The van der Waals surface area contributed by atoms with Crippen LogP contribution in [0.1, 0.15) is 11.1 Å². The second-order valence-corrected chi connectivity index (χ2v) is 4.61. The first-order chi connectivity index (χ1) is 6.61. The van der Waals surface area contributed by atoms with Crippen molar-refractivity contribution in [2.45, 2.75) is 13.8 Å². The summed E-state index contributed by atoms with van der Waals surface area (Å²) >= 11 is 0. The Labute approximate surface area is 85.8 Å². The zero-order chi connectivity index (χ0) is 10.6. The number of aliphatic carboxylic acids is 1. The van der Waals surface area contributed by atoms with Crippen molar-refractivity contribution >= 4 is 20.7 Å². The van der Waals surface area contributed by atoms with Gasteiger partial charge in [0.25, 0.3) is 0 Å². The molecule has 1 aromatic rings. The van der Waals surface area contributed by atoms with E-state index in [2.05, 4.69) is 31.4 Å². The van der Waals surface area contributed by atoms with Gasteiger partial charge in [0.2, 0.25) is 0 Å². The standard InChI is InChI=1S/C11H12O2Si/c1-8-4-3-5-10(9(8)2)14-7-6-11(12)13/h3-5H,14H2,1-2H3,(H,12,13). The minimum Gasteiger partial charge on any atom is -0.472 e. The third-order valence-electron chi connectivity index (χ3n) is 2.19. The van der Waals surface area contributed by atoms with E-state index < -0.39 is 15.5 Å². The van der Waals surface area contributed by atoms with Gasteiger partial charge in [-0.25, -0.2) is 4.79 Å². The van der Waals surface area contributed by atoms with Crippen LogP contribution in [0.15, 0.2) is 18.2 Å². The van der Waals surface area contributed by atoms with Crippen LogP contribution in [-0.2, 0) is 4.79 Å². The molecular weight excluding hydrogens is 192 g/mol. The molecule has 0 amide bonds.